The second-order valence-corrected chi connectivity index (χ2v) is 6.43. The number of rotatable bonds is 5. The molecule has 0 unspecified atom stereocenters. The zero-order chi connectivity index (χ0) is 17.9. The van der Waals surface area contributed by atoms with Crippen molar-refractivity contribution in [2.24, 2.45) is 0 Å². The van der Waals surface area contributed by atoms with Crippen LogP contribution in [0.1, 0.15) is 24.6 Å². The van der Waals surface area contributed by atoms with Crippen molar-refractivity contribution in [1.29, 1.82) is 0 Å². The molecule has 1 aliphatic rings. The maximum absolute atomic E-state index is 11.7. The Morgan fingerprint density at radius 3 is 2.81 bits per heavy atom. The van der Waals surface area contributed by atoms with Crippen molar-refractivity contribution in [3.63, 3.8) is 0 Å². The van der Waals surface area contributed by atoms with E-state index in [1.807, 2.05) is 6.07 Å². The average molecular weight is 355 g/mol. The quantitative estimate of drug-likeness (QED) is 0.661. The fourth-order valence-corrected chi connectivity index (χ4v) is 3.37. The highest BCUT2D eigenvalue weighted by Gasteiger charge is 2.25. The summed E-state index contributed by atoms with van der Waals surface area (Å²) < 4.78 is 8.69. The Labute approximate surface area is 150 Å². The monoisotopic (exact) mass is 355 g/mol. The van der Waals surface area contributed by atoms with Crippen LogP contribution in [0.25, 0.3) is 5.65 Å². The molecule has 26 heavy (non-hydrogen) atoms. The van der Waals surface area contributed by atoms with E-state index in [0.29, 0.717) is 18.3 Å². The van der Waals surface area contributed by atoms with Crippen LogP contribution >= 0.6 is 0 Å². The molecule has 0 aliphatic carbocycles. The molecule has 4 rings (SSSR count). The van der Waals surface area contributed by atoms with Gasteiger partial charge in [-0.2, -0.15) is 4.52 Å². The van der Waals surface area contributed by atoms with Crippen LogP contribution in [0, 0.1) is 0 Å². The van der Waals surface area contributed by atoms with E-state index in [1.54, 1.807) is 34.7 Å². The number of fused-ring (bicyclic) bond motifs is 1. The molecule has 4 heterocycles. The second-order valence-electron chi connectivity index (χ2n) is 6.43. The van der Waals surface area contributed by atoms with Crippen molar-refractivity contribution in [2.45, 2.75) is 25.3 Å². The third-order valence-corrected chi connectivity index (χ3v) is 4.88. The normalized spacial score (nSPS) is 16.2. The standard InChI is InChI=1S/C17H21N7O2/c1-26-15-3-2-14-19-20-17(24(14)21-15)13-4-7-22(8-5-13)10-11-23-9-6-18-12-16(23)25/h2-3,6,9,12-13H,4-5,7-8,10-11H2,1H3. The third-order valence-electron chi connectivity index (χ3n) is 4.88. The maximum atomic E-state index is 11.7. The number of nitrogens with zero attached hydrogens (tertiary/aromatic N) is 7. The van der Waals surface area contributed by atoms with Crippen LogP contribution in [0.3, 0.4) is 0 Å². The number of hydrogen-bond acceptors (Lipinski definition) is 7. The summed E-state index contributed by atoms with van der Waals surface area (Å²) in [7, 11) is 1.60. The Kier molecular flexibility index (Phi) is 4.61. The number of likely N-dealkylation sites (tertiary alicyclic amines) is 1. The second kappa shape index (κ2) is 7.20. The molecule has 3 aromatic heterocycles. The summed E-state index contributed by atoms with van der Waals surface area (Å²) in [4.78, 5) is 17.9. The first-order valence-corrected chi connectivity index (χ1v) is 8.74. The lowest BCUT2D eigenvalue weighted by atomic mass is 9.96. The van der Waals surface area contributed by atoms with Gasteiger partial charge < -0.3 is 14.2 Å². The van der Waals surface area contributed by atoms with Gasteiger partial charge in [-0.25, -0.2) is 0 Å². The fraction of sp³-hybridized carbons (Fsp3) is 0.471. The lowest BCUT2D eigenvalue weighted by Gasteiger charge is -2.31. The Morgan fingerprint density at radius 2 is 2.04 bits per heavy atom. The topological polar surface area (TPSA) is 90.4 Å². The number of methoxy groups -OCH3 is 1. The molecule has 0 radical (unpaired) electrons. The highest BCUT2D eigenvalue weighted by atomic mass is 16.5. The summed E-state index contributed by atoms with van der Waals surface area (Å²) in [5.41, 5.74) is 0.678. The molecule has 136 valence electrons. The van der Waals surface area contributed by atoms with Crippen LogP contribution in [0.15, 0.2) is 35.5 Å². The molecule has 3 aromatic rings. The van der Waals surface area contributed by atoms with Gasteiger partial charge in [-0.1, -0.05) is 0 Å². The third kappa shape index (κ3) is 3.30. The van der Waals surface area contributed by atoms with Gasteiger partial charge in [-0.3, -0.25) is 9.78 Å². The smallest absolute Gasteiger partial charge is 0.269 e. The van der Waals surface area contributed by atoms with Crippen molar-refractivity contribution < 1.29 is 4.74 Å². The molecule has 0 saturated carbocycles. The van der Waals surface area contributed by atoms with Crippen molar-refractivity contribution in [1.82, 2.24) is 34.3 Å². The molecule has 1 fully saturated rings. The largest absolute Gasteiger partial charge is 0.480 e. The van der Waals surface area contributed by atoms with Crippen molar-refractivity contribution in [2.75, 3.05) is 26.7 Å². The van der Waals surface area contributed by atoms with Gasteiger partial charge in [-0.05, 0) is 32.0 Å². The molecule has 0 aromatic carbocycles. The predicted octanol–water partition coefficient (Wildman–Crippen LogP) is 0.569. The Balaban J connectivity index is 1.39. The molecule has 0 spiro atoms. The average Bonchev–Trinajstić information content (AvgIpc) is 3.11. The molecule has 0 atom stereocenters. The first-order valence-electron chi connectivity index (χ1n) is 8.74. The van der Waals surface area contributed by atoms with Crippen molar-refractivity contribution in [3.05, 3.63) is 46.9 Å². The summed E-state index contributed by atoms with van der Waals surface area (Å²) in [5.74, 6) is 1.77. The summed E-state index contributed by atoms with van der Waals surface area (Å²) in [5, 5.41) is 13.0. The lowest BCUT2D eigenvalue weighted by molar-refractivity contribution is 0.200. The van der Waals surface area contributed by atoms with E-state index in [9.17, 15) is 4.79 Å². The van der Waals surface area contributed by atoms with E-state index in [4.69, 9.17) is 4.74 Å². The van der Waals surface area contributed by atoms with Gasteiger partial charge >= 0.3 is 0 Å². The number of aromatic nitrogens is 6. The van der Waals surface area contributed by atoms with Crippen LogP contribution < -0.4 is 10.3 Å². The van der Waals surface area contributed by atoms with E-state index in [0.717, 1.165) is 43.9 Å². The van der Waals surface area contributed by atoms with Crippen LogP contribution in [0.2, 0.25) is 0 Å². The number of piperidine rings is 1. The zero-order valence-electron chi connectivity index (χ0n) is 14.7. The minimum absolute atomic E-state index is 0.0580. The minimum Gasteiger partial charge on any atom is -0.480 e. The van der Waals surface area contributed by atoms with Crippen LogP contribution in [0.4, 0.5) is 0 Å². The fourth-order valence-electron chi connectivity index (χ4n) is 3.37. The van der Waals surface area contributed by atoms with E-state index >= 15 is 0 Å². The SMILES string of the molecule is COc1ccc2nnc(C3CCN(CCn4ccncc4=O)CC3)n2n1. The van der Waals surface area contributed by atoms with E-state index in [1.165, 1.54) is 6.20 Å². The Bertz CT molecular complexity index is 943. The predicted molar refractivity (Wildman–Crippen MR) is 94.2 cm³/mol. The lowest BCUT2D eigenvalue weighted by Crippen LogP contribution is -2.37. The molecule has 9 heteroatoms. The van der Waals surface area contributed by atoms with Crippen LogP contribution in [0.5, 0.6) is 5.88 Å². The van der Waals surface area contributed by atoms with Gasteiger partial charge in [0.1, 0.15) is 0 Å². The number of hydrogen-bond donors (Lipinski definition) is 0. The summed E-state index contributed by atoms with van der Waals surface area (Å²) in [6, 6.07) is 3.65. The molecule has 0 amide bonds. The zero-order valence-corrected chi connectivity index (χ0v) is 14.7. The van der Waals surface area contributed by atoms with E-state index in [-0.39, 0.29) is 5.56 Å². The van der Waals surface area contributed by atoms with Gasteiger partial charge in [0.25, 0.3) is 5.56 Å². The van der Waals surface area contributed by atoms with Gasteiger partial charge in [0.15, 0.2) is 11.5 Å². The molecule has 1 aliphatic heterocycles. The van der Waals surface area contributed by atoms with Crippen molar-refractivity contribution in [3.8, 4) is 5.88 Å². The first-order chi connectivity index (χ1) is 12.7. The maximum Gasteiger partial charge on any atom is 0.269 e. The molecule has 1 saturated heterocycles. The molecular weight excluding hydrogens is 334 g/mol. The molecule has 0 bridgehead atoms. The summed E-state index contributed by atoms with van der Waals surface area (Å²) in [6.07, 6.45) is 6.71. The molecular formula is C17H21N7O2. The van der Waals surface area contributed by atoms with E-state index < -0.39 is 0 Å². The summed E-state index contributed by atoms with van der Waals surface area (Å²) >= 11 is 0. The highest BCUT2D eigenvalue weighted by molar-refractivity contribution is 5.38. The minimum atomic E-state index is -0.0580. The van der Waals surface area contributed by atoms with E-state index in [2.05, 4.69) is 25.2 Å². The van der Waals surface area contributed by atoms with Gasteiger partial charge in [0.2, 0.25) is 5.88 Å². The first kappa shape index (κ1) is 16.6. The molecule has 0 N–H and O–H groups in total. The van der Waals surface area contributed by atoms with Gasteiger partial charge in [0.05, 0.1) is 13.3 Å². The highest BCUT2D eigenvalue weighted by Crippen LogP contribution is 2.27. The van der Waals surface area contributed by atoms with Crippen LogP contribution in [-0.4, -0.2) is 61.0 Å². The van der Waals surface area contributed by atoms with Crippen LogP contribution in [-0.2, 0) is 6.54 Å². The van der Waals surface area contributed by atoms with Crippen molar-refractivity contribution >= 4 is 5.65 Å². The number of ether oxygens (including phenoxy) is 1. The van der Waals surface area contributed by atoms with Gasteiger partial charge in [-0.15, -0.1) is 15.3 Å². The Morgan fingerprint density at radius 1 is 1.19 bits per heavy atom. The Hall–Kier alpha value is -2.81. The summed E-state index contributed by atoms with van der Waals surface area (Å²) in [6.45, 7) is 3.45. The molecule has 9 nitrogen and oxygen atoms in total. The van der Waals surface area contributed by atoms with Gasteiger partial charge in [0, 0.05) is 37.5 Å².